The fourth-order valence-electron chi connectivity index (χ4n) is 1.65. The maximum absolute atomic E-state index is 13.6. The average Bonchev–Trinajstić information content (AvgIpc) is 2.71. The Balaban J connectivity index is 2.17. The number of halogens is 1. The Bertz CT molecular complexity index is 598. The molecule has 0 atom stereocenters. The van der Waals surface area contributed by atoms with E-state index in [2.05, 4.69) is 5.10 Å². The van der Waals surface area contributed by atoms with Crippen molar-refractivity contribution in [3.63, 3.8) is 0 Å². The van der Waals surface area contributed by atoms with E-state index in [1.807, 2.05) is 0 Å². The summed E-state index contributed by atoms with van der Waals surface area (Å²) in [6.07, 6.45) is 0. The van der Waals surface area contributed by atoms with Gasteiger partial charge in [-0.15, -0.1) is 0 Å². The van der Waals surface area contributed by atoms with E-state index in [1.54, 1.807) is 18.2 Å². The van der Waals surface area contributed by atoms with Crippen LogP contribution in [0.15, 0.2) is 30.3 Å². The van der Waals surface area contributed by atoms with Crippen molar-refractivity contribution >= 4 is 16.9 Å². The van der Waals surface area contributed by atoms with Crippen molar-refractivity contribution in [1.82, 2.24) is 9.78 Å². The van der Waals surface area contributed by atoms with Gasteiger partial charge in [0.1, 0.15) is 5.82 Å². The number of aryl methyl sites for hydroxylation is 1. The zero-order valence-corrected chi connectivity index (χ0v) is 11.2. The molecule has 0 aliphatic heterocycles. The zero-order valence-electron chi connectivity index (χ0n) is 10.3. The number of carbonyl (C=O) groups is 1. The van der Waals surface area contributed by atoms with Crippen LogP contribution in [0.25, 0.3) is 11.3 Å². The van der Waals surface area contributed by atoms with E-state index in [4.69, 9.17) is 0 Å². The molecule has 0 aliphatic carbocycles. The van der Waals surface area contributed by atoms with E-state index in [9.17, 15) is 14.3 Å². The smallest absolute Gasteiger partial charge is 0.209 e. The number of aromatic nitrogens is 2. The lowest BCUT2D eigenvalue weighted by Crippen LogP contribution is -2.03. The summed E-state index contributed by atoms with van der Waals surface area (Å²) in [6.45, 7) is 1.88. The van der Waals surface area contributed by atoms with Crippen LogP contribution in [-0.4, -0.2) is 25.8 Å². The van der Waals surface area contributed by atoms with Crippen LogP contribution in [0.5, 0.6) is 5.88 Å². The van der Waals surface area contributed by atoms with E-state index in [0.717, 1.165) is 11.8 Å². The number of aromatic hydroxyl groups is 1. The number of nitrogens with zero attached hydrogens (tertiary/aromatic N) is 2. The highest BCUT2D eigenvalue weighted by Gasteiger charge is 2.11. The van der Waals surface area contributed by atoms with Gasteiger partial charge in [0.2, 0.25) is 5.88 Å². The summed E-state index contributed by atoms with van der Waals surface area (Å²) in [7, 11) is 0. The highest BCUT2D eigenvalue weighted by molar-refractivity contribution is 8.13. The zero-order chi connectivity index (χ0) is 13.8. The Morgan fingerprint density at radius 1 is 1.47 bits per heavy atom. The molecular formula is C13H13FN2O2S. The molecule has 2 aromatic rings. The van der Waals surface area contributed by atoms with Gasteiger partial charge in [0.05, 0.1) is 12.2 Å². The molecule has 0 bridgehead atoms. The van der Waals surface area contributed by atoms with Crippen LogP contribution < -0.4 is 0 Å². The highest BCUT2D eigenvalue weighted by atomic mass is 32.2. The van der Waals surface area contributed by atoms with Crippen molar-refractivity contribution < 1.29 is 14.3 Å². The number of carbonyl (C=O) groups excluding carboxylic acids is 1. The third kappa shape index (κ3) is 3.35. The van der Waals surface area contributed by atoms with Crippen LogP contribution in [0.1, 0.15) is 6.92 Å². The van der Waals surface area contributed by atoms with Crippen molar-refractivity contribution in [3.8, 4) is 17.1 Å². The first-order valence-electron chi connectivity index (χ1n) is 5.73. The molecule has 0 radical (unpaired) electrons. The lowest BCUT2D eigenvalue weighted by Gasteiger charge is -2.01. The van der Waals surface area contributed by atoms with Gasteiger partial charge in [-0.05, 0) is 12.1 Å². The third-order valence-electron chi connectivity index (χ3n) is 2.52. The predicted octanol–water partition coefficient (Wildman–Crippen LogP) is 2.67. The molecule has 19 heavy (non-hydrogen) atoms. The van der Waals surface area contributed by atoms with Gasteiger partial charge in [-0.3, -0.25) is 4.79 Å². The topological polar surface area (TPSA) is 55.1 Å². The van der Waals surface area contributed by atoms with Crippen molar-refractivity contribution in [2.75, 3.05) is 5.75 Å². The van der Waals surface area contributed by atoms with Crippen molar-refractivity contribution in [2.24, 2.45) is 0 Å². The van der Waals surface area contributed by atoms with Gasteiger partial charge in [-0.2, -0.15) is 5.10 Å². The maximum atomic E-state index is 13.6. The minimum Gasteiger partial charge on any atom is -0.493 e. The van der Waals surface area contributed by atoms with Gasteiger partial charge in [0.15, 0.2) is 5.12 Å². The first-order valence-corrected chi connectivity index (χ1v) is 6.71. The Morgan fingerprint density at radius 2 is 2.21 bits per heavy atom. The predicted molar refractivity (Wildman–Crippen MR) is 72.4 cm³/mol. The molecule has 1 N–H and O–H groups in total. The van der Waals surface area contributed by atoms with Gasteiger partial charge >= 0.3 is 0 Å². The second kappa shape index (κ2) is 5.88. The third-order valence-corrected chi connectivity index (χ3v) is 3.31. The quantitative estimate of drug-likeness (QED) is 0.935. The normalized spacial score (nSPS) is 10.6. The van der Waals surface area contributed by atoms with Crippen LogP contribution >= 0.6 is 11.8 Å². The summed E-state index contributed by atoms with van der Waals surface area (Å²) in [5.74, 6) is 0.0917. The molecule has 0 saturated heterocycles. The molecule has 0 saturated carbocycles. The van der Waals surface area contributed by atoms with Gasteiger partial charge in [0, 0.05) is 24.3 Å². The molecule has 100 valence electrons. The largest absolute Gasteiger partial charge is 0.493 e. The standard InChI is InChI=1S/C13H13FN2O2S/c1-9(17)19-7-6-16-13(18)8-12(15-16)10-4-2-3-5-11(10)14/h2-5,8,18H,6-7H2,1H3. The molecule has 0 fully saturated rings. The molecular weight excluding hydrogens is 267 g/mol. The first-order chi connectivity index (χ1) is 9.08. The number of thioether (sulfide) groups is 1. The van der Waals surface area contributed by atoms with Crippen molar-refractivity contribution in [2.45, 2.75) is 13.5 Å². The van der Waals surface area contributed by atoms with Gasteiger partial charge in [0.25, 0.3) is 0 Å². The van der Waals surface area contributed by atoms with Crippen molar-refractivity contribution in [3.05, 3.63) is 36.1 Å². The summed E-state index contributed by atoms with van der Waals surface area (Å²) in [5, 5.41) is 13.9. The number of rotatable bonds is 4. The summed E-state index contributed by atoms with van der Waals surface area (Å²) < 4.78 is 15.0. The minimum absolute atomic E-state index is 0.0148. The summed E-state index contributed by atoms with van der Waals surface area (Å²) in [4.78, 5) is 10.8. The molecule has 0 spiro atoms. The Hall–Kier alpha value is -1.82. The van der Waals surface area contributed by atoms with Gasteiger partial charge in [-0.25, -0.2) is 9.07 Å². The molecule has 2 rings (SSSR count). The Labute approximate surface area is 114 Å². The summed E-state index contributed by atoms with van der Waals surface area (Å²) >= 11 is 1.16. The number of hydrogen-bond donors (Lipinski definition) is 1. The van der Waals surface area contributed by atoms with Crippen molar-refractivity contribution in [1.29, 1.82) is 0 Å². The Kier molecular flexibility index (Phi) is 4.21. The van der Waals surface area contributed by atoms with Crippen LogP contribution in [0.3, 0.4) is 0 Å². The average molecular weight is 280 g/mol. The van der Waals surface area contributed by atoms with Crippen LogP contribution in [-0.2, 0) is 11.3 Å². The lowest BCUT2D eigenvalue weighted by atomic mass is 10.1. The molecule has 6 heteroatoms. The summed E-state index contributed by atoms with van der Waals surface area (Å²) in [6, 6.07) is 7.67. The van der Waals surface area contributed by atoms with Crippen LogP contribution in [0.4, 0.5) is 4.39 Å². The van der Waals surface area contributed by atoms with Gasteiger partial charge in [-0.1, -0.05) is 23.9 Å². The van der Waals surface area contributed by atoms with Crippen LogP contribution in [0.2, 0.25) is 0 Å². The highest BCUT2D eigenvalue weighted by Crippen LogP contribution is 2.25. The van der Waals surface area contributed by atoms with E-state index < -0.39 is 0 Å². The molecule has 1 aromatic heterocycles. The second-order valence-electron chi connectivity index (χ2n) is 3.93. The summed E-state index contributed by atoms with van der Waals surface area (Å²) in [5.41, 5.74) is 0.721. The second-order valence-corrected chi connectivity index (χ2v) is 5.20. The first kappa shape index (κ1) is 13.6. The fraction of sp³-hybridized carbons (Fsp3) is 0.231. The lowest BCUT2D eigenvalue weighted by molar-refractivity contribution is -0.109. The maximum Gasteiger partial charge on any atom is 0.209 e. The SMILES string of the molecule is CC(=O)SCCn1nc(-c2ccccc2F)cc1O. The molecule has 0 amide bonds. The molecule has 1 heterocycles. The monoisotopic (exact) mass is 280 g/mol. The Morgan fingerprint density at radius 3 is 2.89 bits per heavy atom. The molecule has 1 aromatic carbocycles. The number of hydrogen-bond acceptors (Lipinski definition) is 4. The van der Waals surface area contributed by atoms with E-state index in [1.165, 1.54) is 23.7 Å². The number of benzene rings is 1. The molecule has 0 unspecified atom stereocenters. The minimum atomic E-state index is -0.384. The molecule has 4 nitrogen and oxygen atoms in total. The van der Waals surface area contributed by atoms with E-state index >= 15 is 0 Å². The fourth-order valence-corrected chi connectivity index (χ4v) is 2.20. The van der Waals surface area contributed by atoms with E-state index in [0.29, 0.717) is 23.6 Å². The van der Waals surface area contributed by atoms with E-state index in [-0.39, 0.29) is 16.8 Å². The van der Waals surface area contributed by atoms with Crippen LogP contribution in [0, 0.1) is 5.82 Å². The van der Waals surface area contributed by atoms with Gasteiger partial charge < -0.3 is 5.11 Å². The molecule has 0 aliphatic rings.